The highest BCUT2D eigenvalue weighted by Gasteiger charge is 2.35. The number of esters is 1. The summed E-state index contributed by atoms with van der Waals surface area (Å²) >= 11 is 5.67. The average Bonchev–Trinajstić information content (AvgIpc) is 2.79. The van der Waals surface area contributed by atoms with Crippen molar-refractivity contribution in [3.8, 4) is 0 Å². The average molecular weight is 493 g/mol. The standard InChI is InChI=1S/C23H16ClF3N2O5/c24-16-8-11-19(18(13-16)23(25,26)27)28-22(31)21(15-4-2-1-3-5-15)34-20(30)12-14-6-9-17(10-7-14)29(32)33/h1-11,13,21H,12H2,(H,28,31). The Bertz CT molecular complexity index is 1200. The molecule has 0 aliphatic heterocycles. The molecule has 0 bridgehead atoms. The van der Waals surface area contributed by atoms with Gasteiger partial charge in [-0.05, 0) is 23.8 Å². The van der Waals surface area contributed by atoms with Crippen LogP contribution >= 0.6 is 11.6 Å². The number of halogens is 4. The van der Waals surface area contributed by atoms with E-state index >= 15 is 0 Å². The number of ether oxygens (including phenoxy) is 1. The van der Waals surface area contributed by atoms with Gasteiger partial charge < -0.3 is 10.1 Å². The summed E-state index contributed by atoms with van der Waals surface area (Å²) in [7, 11) is 0. The van der Waals surface area contributed by atoms with Crippen LogP contribution in [0.2, 0.25) is 5.02 Å². The molecule has 0 aromatic heterocycles. The number of nitro groups is 1. The fraction of sp³-hybridized carbons (Fsp3) is 0.130. The SMILES string of the molecule is O=C(Cc1ccc([N+](=O)[O-])cc1)OC(C(=O)Nc1ccc(Cl)cc1C(F)(F)F)c1ccccc1. The van der Waals surface area contributed by atoms with Gasteiger partial charge in [0.1, 0.15) is 0 Å². The van der Waals surface area contributed by atoms with Crippen LogP contribution in [0.25, 0.3) is 0 Å². The molecule has 1 amide bonds. The Morgan fingerprint density at radius 1 is 1.03 bits per heavy atom. The molecular weight excluding hydrogens is 477 g/mol. The first-order valence-electron chi connectivity index (χ1n) is 9.70. The Balaban J connectivity index is 1.82. The van der Waals surface area contributed by atoms with Gasteiger partial charge in [-0.2, -0.15) is 13.2 Å². The smallest absolute Gasteiger partial charge is 0.418 e. The fourth-order valence-electron chi connectivity index (χ4n) is 3.03. The Hall–Kier alpha value is -3.92. The molecule has 3 rings (SSSR count). The molecule has 0 aliphatic rings. The lowest BCUT2D eigenvalue weighted by molar-refractivity contribution is -0.384. The van der Waals surface area contributed by atoms with E-state index in [1.807, 2.05) is 0 Å². The van der Waals surface area contributed by atoms with Crippen LogP contribution in [0.5, 0.6) is 0 Å². The summed E-state index contributed by atoms with van der Waals surface area (Å²) in [5.41, 5.74) is -1.24. The molecule has 0 fully saturated rings. The van der Waals surface area contributed by atoms with Crippen LogP contribution in [-0.4, -0.2) is 16.8 Å². The zero-order valence-electron chi connectivity index (χ0n) is 17.2. The Kier molecular flexibility index (Phi) is 7.52. The minimum atomic E-state index is -4.79. The minimum absolute atomic E-state index is 0.165. The molecule has 0 saturated heterocycles. The quantitative estimate of drug-likeness (QED) is 0.258. The van der Waals surface area contributed by atoms with Crippen molar-refractivity contribution in [1.29, 1.82) is 0 Å². The molecule has 0 aliphatic carbocycles. The number of benzene rings is 3. The number of rotatable bonds is 7. The number of nitro benzene ring substituents is 1. The summed E-state index contributed by atoms with van der Waals surface area (Å²) in [6.45, 7) is 0. The topological polar surface area (TPSA) is 98.5 Å². The maximum atomic E-state index is 13.4. The summed E-state index contributed by atoms with van der Waals surface area (Å²) in [6, 6.07) is 15.8. The maximum Gasteiger partial charge on any atom is 0.418 e. The van der Waals surface area contributed by atoms with Crippen molar-refractivity contribution in [2.24, 2.45) is 0 Å². The molecule has 0 saturated carbocycles. The normalized spacial score (nSPS) is 12.0. The summed E-state index contributed by atoms with van der Waals surface area (Å²) in [6.07, 6.45) is -6.66. The second-order valence-corrected chi connectivity index (χ2v) is 7.49. The molecule has 0 radical (unpaired) electrons. The third-order valence-corrected chi connectivity index (χ3v) is 4.87. The predicted molar refractivity (Wildman–Crippen MR) is 117 cm³/mol. The van der Waals surface area contributed by atoms with Crippen molar-refractivity contribution in [1.82, 2.24) is 0 Å². The van der Waals surface area contributed by atoms with E-state index in [-0.39, 0.29) is 22.7 Å². The number of anilines is 1. The number of nitrogens with zero attached hydrogens (tertiary/aromatic N) is 1. The lowest BCUT2D eigenvalue weighted by Crippen LogP contribution is -2.27. The van der Waals surface area contributed by atoms with E-state index in [2.05, 4.69) is 5.32 Å². The first-order chi connectivity index (χ1) is 16.0. The van der Waals surface area contributed by atoms with Gasteiger partial charge in [0.15, 0.2) is 0 Å². The number of nitrogens with one attached hydrogen (secondary N) is 1. The van der Waals surface area contributed by atoms with E-state index in [1.165, 1.54) is 42.5 Å². The van der Waals surface area contributed by atoms with Crippen LogP contribution in [0.15, 0.2) is 72.8 Å². The van der Waals surface area contributed by atoms with Crippen molar-refractivity contribution in [3.05, 3.63) is 105 Å². The number of carbonyl (C=O) groups excluding carboxylic acids is 2. The van der Waals surface area contributed by atoms with Gasteiger partial charge in [-0.15, -0.1) is 0 Å². The first kappa shape index (κ1) is 24.7. The molecule has 0 spiro atoms. The van der Waals surface area contributed by atoms with E-state index in [0.29, 0.717) is 11.6 Å². The second kappa shape index (κ2) is 10.3. The third-order valence-electron chi connectivity index (χ3n) is 4.63. The summed E-state index contributed by atoms with van der Waals surface area (Å²) < 4.78 is 45.5. The van der Waals surface area contributed by atoms with Gasteiger partial charge >= 0.3 is 12.1 Å². The van der Waals surface area contributed by atoms with E-state index < -0.39 is 40.3 Å². The van der Waals surface area contributed by atoms with Crippen LogP contribution in [0, 0.1) is 10.1 Å². The Labute approximate surface area is 196 Å². The van der Waals surface area contributed by atoms with Crippen LogP contribution in [0.4, 0.5) is 24.5 Å². The van der Waals surface area contributed by atoms with Crippen LogP contribution in [-0.2, 0) is 26.9 Å². The number of amides is 1. The number of alkyl halides is 3. The molecule has 1 atom stereocenters. The van der Waals surface area contributed by atoms with Gasteiger partial charge in [-0.3, -0.25) is 19.7 Å². The van der Waals surface area contributed by atoms with Gasteiger partial charge in [0, 0.05) is 22.7 Å². The van der Waals surface area contributed by atoms with Crippen LogP contribution in [0.1, 0.15) is 22.8 Å². The molecular formula is C23H16ClF3N2O5. The molecule has 3 aromatic rings. The van der Waals surface area contributed by atoms with E-state index in [4.69, 9.17) is 16.3 Å². The van der Waals surface area contributed by atoms with Gasteiger partial charge in [-0.1, -0.05) is 54.1 Å². The lowest BCUT2D eigenvalue weighted by Gasteiger charge is -2.20. The molecule has 1 unspecified atom stereocenters. The highest BCUT2D eigenvalue weighted by Crippen LogP contribution is 2.37. The molecule has 7 nitrogen and oxygen atoms in total. The molecule has 11 heteroatoms. The molecule has 0 heterocycles. The number of carbonyl (C=O) groups is 2. The first-order valence-corrected chi connectivity index (χ1v) is 10.1. The zero-order chi connectivity index (χ0) is 24.9. The van der Waals surface area contributed by atoms with Crippen molar-refractivity contribution >= 4 is 34.9 Å². The minimum Gasteiger partial charge on any atom is -0.447 e. The lowest BCUT2D eigenvalue weighted by atomic mass is 10.1. The fourth-order valence-corrected chi connectivity index (χ4v) is 3.21. The summed E-state index contributed by atoms with van der Waals surface area (Å²) in [5.74, 6) is -1.86. The highest BCUT2D eigenvalue weighted by atomic mass is 35.5. The maximum absolute atomic E-state index is 13.4. The van der Waals surface area contributed by atoms with E-state index in [0.717, 1.165) is 6.07 Å². The summed E-state index contributed by atoms with van der Waals surface area (Å²) in [5, 5.41) is 12.8. The van der Waals surface area contributed by atoms with Crippen LogP contribution < -0.4 is 5.32 Å². The zero-order valence-corrected chi connectivity index (χ0v) is 18.0. The van der Waals surface area contributed by atoms with Crippen LogP contribution in [0.3, 0.4) is 0 Å². The van der Waals surface area contributed by atoms with Crippen molar-refractivity contribution in [2.45, 2.75) is 18.7 Å². The molecule has 34 heavy (non-hydrogen) atoms. The van der Waals surface area contributed by atoms with E-state index in [1.54, 1.807) is 18.2 Å². The number of non-ortho nitro benzene ring substituents is 1. The second-order valence-electron chi connectivity index (χ2n) is 7.06. The Morgan fingerprint density at radius 3 is 2.26 bits per heavy atom. The predicted octanol–water partition coefficient (Wildman–Crippen LogP) is 5.73. The number of hydrogen-bond acceptors (Lipinski definition) is 5. The largest absolute Gasteiger partial charge is 0.447 e. The van der Waals surface area contributed by atoms with Gasteiger partial charge in [0.25, 0.3) is 11.6 Å². The monoisotopic (exact) mass is 492 g/mol. The Morgan fingerprint density at radius 2 is 1.68 bits per heavy atom. The van der Waals surface area contributed by atoms with Crippen molar-refractivity contribution in [3.63, 3.8) is 0 Å². The summed E-state index contributed by atoms with van der Waals surface area (Å²) in [4.78, 5) is 35.6. The van der Waals surface area contributed by atoms with Gasteiger partial charge in [0.05, 0.1) is 22.6 Å². The molecule has 176 valence electrons. The van der Waals surface area contributed by atoms with Gasteiger partial charge in [-0.25, -0.2) is 0 Å². The van der Waals surface area contributed by atoms with Crippen molar-refractivity contribution < 1.29 is 32.4 Å². The van der Waals surface area contributed by atoms with E-state index in [9.17, 15) is 32.9 Å². The molecule has 1 N–H and O–H groups in total. The molecule has 3 aromatic carbocycles. The third kappa shape index (κ3) is 6.32. The number of hydrogen-bond donors (Lipinski definition) is 1. The van der Waals surface area contributed by atoms with Gasteiger partial charge in [0.2, 0.25) is 6.10 Å². The highest BCUT2D eigenvalue weighted by molar-refractivity contribution is 6.30. The van der Waals surface area contributed by atoms with Crippen molar-refractivity contribution in [2.75, 3.05) is 5.32 Å².